The van der Waals surface area contributed by atoms with Crippen molar-refractivity contribution in [1.29, 1.82) is 0 Å². The predicted octanol–water partition coefficient (Wildman–Crippen LogP) is 6.50. The summed E-state index contributed by atoms with van der Waals surface area (Å²) in [4.78, 5) is 22.2. The lowest BCUT2D eigenvalue weighted by Gasteiger charge is -2.21. The number of aromatic nitrogens is 1. The zero-order chi connectivity index (χ0) is 30.6. The van der Waals surface area contributed by atoms with E-state index in [1.54, 1.807) is 38.3 Å². The number of nitrogen functional groups attached to an aromatic ring is 1. The fourth-order valence-electron chi connectivity index (χ4n) is 4.63. The lowest BCUT2D eigenvalue weighted by atomic mass is 9.95. The van der Waals surface area contributed by atoms with Gasteiger partial charge in [0.15, 0.2) is 23.3 Å². The molecule has 1 atom stereocenters. The molecule has 0 aliphatic heterocycles. The average Bonchev–Trinajstić information content (AvgIpc) is 3.81. The van der Waals surface area contributed by atoms with Crippen molar-refractivity contribution in [1.82, 2.24) is 10.3 Å². The van der Waals surface area contributed by atoms with Crippen molar-refractivity contribution < 1.29 is 31.8 Å². The van der Waals surface area contributed by atoms with Gasteiger partial charge < -0.3 is 20.5 Å². The molecule has 1 heterocycles. The molecule has 7 nitrogen and oxygen atoms in total. The van der Waals surface area contributed by atoms with E-state index in [1.807, 2.05) is 6.92 Å². The largest absolute Gasteiger partial charge is 0.495 e. The lowest BCUT2D eigenvalue weighted by Crippen LogP contribution is -2.29. The summed E-state index contributed by atoms with van der Waals surface area (Å²) in [7, 11) is 1.46. The minimum Gasteiger partial charge on any atom is -0.495 e. The summed E-state index contributed by atoms with van der Waals surface area (Å²) < 4.78 is 67.9. The second kappa shape index (κ2) is 13.2. The van der Waals surface area contributed by atoms with Gasteiger partial charge in [-0.3, -0.25) is 9.79 Å². The zero-order valence-electron chi connectivity index (χ0n) is 24.0. The van der Waals surface area contributed by atoms with Gasteiger partial charge in [-0.2, -0.15) is 0 Å². The van der Waals surface area contributed by atoms with E-state index in [-0.39, 0.29) is 42.5 Å². The highest BCUT2D eigenvalue weighted by Gasteiger charge is 2.26. The number of nitrogens with two attached hydrogens (primary N) is 1. The molecule has 1 amide bonds. The van der Waals surface area contributed by atoms with Crippen LogP contribution in [0.3, 0.4) is 0 Å². The van der Waals surface area contributed by atoms with E-state index in [1.165, 1.54) is 7.11 Å². The van der Waals surface area contributed by atoms with E-state index in [4.69, 9.17) is 15.2 Å². The maximum absolute atomic E-state index is 14.9. The van der Waals surface area contributed by atoms with E-state index >= 15 is 0 Å². The second-order valence-corrected chi connectivity index (χ2v) is 10.2. The smallest absolute Gasteiger partial charge is 0.251 e. The van der Waals surface area contributed by atoms with Gasteiger partial charge in [0.2, 0.25) is 0 Å². The standard InChI is InChI=1S/C31H34F4N4O3/c1-5-7-17(14-38-31(40)18-11-19(15-37-20-8-9-20)28(36)24(12-18)41-4)23-10-16(3)30(42-6-2)29(39-23)21-13-22(32)26(34)27(35)25(21)33/h10-13,15,17,20H,5-9,14,36H2,1-4H3,(H,38,40). The Labute approximate surface area is 242 Å². The Balaban J connectivity index is 1.66. The Kier molecular flexibility index (Phi) is 9.70. The summed E-state index contributed by atoms with van der Waals surface area (Å²) in [6.45, 7) is 5.68. The van der Waals surface area contributed by atoms with Crippen molar-refractivity contribution in [3.63, 3.8) is 0 Å². The Hall–Kier alpha value is -4.15. The molecular formula is C31H34F4N4O3. The number of ether oxygens (including phenoxy) is 2. The monoisotopic (exact) mass is 586 g/mol. The van der Waals surface area contributed by atoms with Gasteiger partial charge >= 0.3 is 0 Å². The lowest BCUT2D eigenvalue weighted by molar-refractivity contribution is 0.0950. The summed E-state index contributed by atoms with van der Waals surface area (Å²) in [5.41, 5.74) is 7.74. The number of anilines is 1. The molecule has 1 saturated carbocycles. The van der Waals surface area contributed by atoms with Gasteiger partial charge in [0, 0.05) is 41.1 Å². The Bertz CT molecular complexity index is 1510. The van der Waals surface area contributed by atoms with Gasteiger partial charge in [-0.05, 0) is 62.9 Å². The average molecular weight is 587 g/mol. The number of methoxy groups -OCH3 is 1. The summed E-state index contributed by atoms with van der Waals surface area (Å²) in [5.74, 6) is -7.22. The third kappa shape index (κ3) is 6.66. The molecule has 1 fully saturated rings. The summed E-state index contributed by atoms with van der Waals surface area (Å²) >= 11 is 0. The molecule has 0 radical (unpaired) electrons. The van der Waals surface area contributed by atoms with Crippen LogP contribution in [0.1, 0.15) is 72.6 Å². The van der Waals surface area contributed by atoms with Crippen LogP contribution in [0.15, 0.2) is 29.3 Å². The van der Waals surface area contributed by atoms with E-state index in [9.17, 15) is 22.4 Å². The first-order chi connectivity index (χ1) is 20.1. The summed E-state index contributed by atoms with van der Waals surface area (Å²) in [6, 6.07) is 5.76. The zero-order valence-corrected chi connectivity index (χ0v) is 24.0. The summed E-state index contributed by atoms with van der Waals surface area (Å²) in [5, 5.41) is 2.92. The van der Waals surface area contributed by atoms with E-state index in [0.29, 0.717) is 46.3 Å². The number of halogens is 4. The minimum absolute atomic E-state index is 0.124. The number of nitrogens with zero attached hydrogens (tertiary/aromatic N) is 2. The fraction of sp³-hybridized carbons (Fsp3) is 0.387. The predicted molar refractivity (Wildman–Crippen MR) is 153 cm³/mol. The van der Waals surface area contributed by atoms with Crippen molar-refractivity contribution in [2.45, 2.75) is 58.4 Å². The van der Waals surface area contributed by atoms with Crippen LogP contribution in [-0.4, -0.2) is 43.4 Å². The molecule has 11 heteroatoms. The fourth-order valence-corrected chi connectivity index (χ4v) is 4.63. The molecule has 0 bridgehead atoms. The van der Waals surface area contributed by atoms with E-state index in [2.05, 4.69) is 15.3 Å². The topological polar surface area (TPSA) is 98.8 Å². The number of rotatable bonds is 12. The second-order valence-electron chi connectivity index (χ2n) is 10.2. The minimum atomic E-state index is -1.94. The van der Waals surface area contributed by atoms with Crippen molar-refractivity contribution in [3.8, 4) is 22.8 Å². The number of carbonyl (C=O) groups is 1. The molecule has 4 rings (SSSR count). The molecule has 1 aliphatic rings. The Morgan fingerprint density at radius 1 is 1.14 bits per heavy atom. The van der Waals surface area contributed by atoms with Crippen LogP contribution in [0.25, 0.3) is 11.3 Å². The number of nitrogens with one attached hydrogen (secondary N) is 1. The number of hydrogen-bond donors (Lipinski definition) is 2. The highest BCUT2D eigenvalue weighted by atomic mass is 19.2. The number of benzene rings is 2. The van der Waals surface area contributed by atoms with Crippen LogP contribution in [0.2, 0.25) is 0 Å². The third-order valence-corrected chi connectivity index (χ3v) is 7.02. The van der Waals surface area contributed by atoms with Gasteiger partial charge in [-0.1, -0.05) is 13.3 Å². The van der Waals surface area contributed by atoms with Crippen molar-refractivity contribution in [3.05, 3.63) is 69.9 Å². The van der Waals surface area contributed by atoms with Crippen molar-refractivity contribution >= 4 is 17.8 Å². The van der Waals surface area contributed by atoms with Gasteiger partial charge in [0.1, 0.15) is 17.2 Å². The van der Waals surface area contributed by atoms with Gasteiger partial charge in [-0.25, -0.2) is 22.5 Å². The van der Waals surface area contributed by atoms with Crippen LogP contribution in [0, 0.1) is 30.2 Å². The van der Waals surface area contributed by atoms with E-state index in [0.717, 1.165) is 19.3 Å². The molecule has 3 N–H and O–H groups in total. The molecule has 0 spiro atoms. The third-order valence-electron chi connectivity index (χ3n) is 7.02. The first-order valence-electron chi connectivity index (χ1n) is 13.9. The first kappa shape index (κ1) is 30.8. The molecule has 1 aromatic heterocycles. The van der Waals surface area contributed by atoms with Gasteiger partial charge in [-0.15, -0.1) is 0 Å². The molecule has 3 aromatic rings. The van der Waals surface area contributed by atoms with Gasteiger partial charge in [0.25, 0.3) is 5.91 Å². The quantitative estimate of drug-likeness (QED) is 0.0830. The number of pyridine rings is 1. The van der Waals surface area contributed by atoms with Crippen LogP contribution in [0.5, 0.6) is 11.5 Å². The van der Waals surface area contributed by atoms with Crippen LogP contribution < -0.4 is 20.5 Å². The van der Waals surface area contributed by atoms with Crippen molar-refractivity contribution in [2.24, 2.45) is 4.99 Å². The Morgan fingerprint density at radius 2 is 1.88 bits per heavy atom. The van der Waals surface area contributed by atoms with Crippen LogP contribution in [-0.2, 0) is 0 Å². The van der Waals surface area contributed by atoms with Crippen LogP contribution >= 0.6 is 0 Å². The number of carbonyl (C=O) groups excluding carboxylic acids is 1. The molecule has 42 heavy (non-hydrogen) atoms. The molecule has 2 aromatic carbocycles. The maximum Gasteiger partial charge on any atom is 0.251 e. The molecule has 1 aliphatic carbocycles. The highest BCUT2D eigenvalue weighted by molar-refractivity contribution is 5.99. The van der Waals surface area contributed by atoms with Crippen LogP contribution in [0.4, 0.5) is 23.2 Å². The van der Waals surface area contributed by atoms with Gasteiger partial charge in [0.05, 0.1) is 25.4 Å². The molecular weight excluding hydrogens is 552 g/mol. The first-order valence-corrected chi connectivity index (χ1v) is 13.9. The number of aryl methyl sites for hydroxylation is 1. The Morgan fingerprint density at radius 3 is 2.52 bits per heavy atom. The summed E-state index contributed by atoms with van der Waals surface area (Å²) in [6.07, 6.45) is 4.99. The maximum atomic E-state index is 14.9. The normalized spacial score (nSPS) is 13.8. The van der Waals surface area contributed by atoms with E-state index < -0.39 is 28.8 Å². The van der Waals surface area contributed by atoms with Crippen molar-refractivity contribution in [2.75, 3.05) is 26.0 Å². The molecule has 1 unspecified atom stereocenters. The number of aliphatic imine (C=N–C) groups is 1. The SMILES string of the molecule is CCCC(CNC(=O)c1cc(C=NC2CC2)c(N)c(OC)c1)c1cc(C)c(OCC)c(-c2cc(F)c(F)c(F)c2F)n1. The molecule has 0 saturated heterocycles. The number of amides is 1. The molecule has 224 valence electrons. The highest BCUT2D eigenvalue weighted by Crippen LogP contribution is 2.37. The number of hydrogen-bond acceptors (Lipinski definition) is 6.